The molecule has 1 aromatic heterocycles. The van der Waals surface area contributed by atoms with E-state index >= 15 is 0 Å². The number of carbonyl (C=O) groups excluding carboxylic acids is 1. The van der Waals surface area contributed by atoms with Gasteiger partial charge in [-0.15, -0.1) is 0 Å². The van der Waals surface area contributed by atoms with Crippen molar-refractivity contribution in [2.24, 2.45) is 0 Å². The summed E-state index contributed by atoms with van der Waals surface area (Å²) in [5, 5.41) is 11.9. The molecule has 1 heterocycles. The molecule has 0 aliphatic carbocycles. The van der Waals surface area contributed by atoms with Crippen LogP contribution in [-0.2, 0) is 11.3 Å². The van der Waals surface area contributed by atoms with Gasteiger partial charge in [0, 0.05) is 17.4 Å². The summed E-state index contributed by atoms with van der Waals surface area (Å²) in [6.07, 6.45) is 5.51. The minimum atomic E-state index is -0.984. The van der Waals surface area contributed by atoms with Crippen molar-refractivity contribution in [2.45, 2.75) is 53.2 Å². The number of aryl methyl sites for hydroxylation is 1. The summed E-state index contributed by atoms with van der Waals surface area (Å²) in [7, 11) is 0. The smallest absolute Gasteiger partial charge is 0.339 e. The molecule has 1 atom stereocenters. The van der Waals surface area contributed by atoms with E-state index in [2.05, 4.69) is 74.5 Å². The number of carbonyl (C=O) groups is 1. The van der Waals surface area contributed by atoms with Crippen molar-refractivity contribution >= 4 is 16.9 Å². The molecule has 0 fully saturated rings. The zero-order chi connectivity index (χ0) is 24.5. The number of rotatable bonds is 8. The summed E-state index contributed by atoms with van der Waals surface area (Å²) in [5.41, 5.74) is 6.08. The van der Waals surface area contributed by atoms with Gasteiger partial charge < -0.3 is 14.4 Å². The Morgan fingerprint density at radius 2 is 1.85 bits per heavy atom. The predicted octanol–water partition coefficient (Wildman–Crippen LogP) is 6.54. The maximum atomic E-state index is 12.1. The fraction of sp³-hybridized carbons (Fsp3) is 0.300. The molecule has 0 aliphatic heterocycles. The van der Waals surface area contributed by atoms with Gasteiger partial charge in [-0.05, 0) is 70.9 Å². The van der Waals surface area contributed by atoms with Gasteiger partial charge in [-0.2, -0.15) is 0 Å². The van der Waals surface area contributed by atoms with E-state index in [0.29, 0.717) is 12.1 Å². The summed E-state index contributed by atoms with van der Waals surface area (Å²) < 4.78 is 7.31. The Bertz CT molecular complexity index is 1250. The molecule has 0 spiro atoms. The average molecular weight is 456 g/mol. The first kappa shape index (κ1) is 25.1. The highest BCUT2D eigenvalue weighted by molar-refractivity contribution is 5.89. The van der Waals surface area contributed by atoms with Crippen LogP contribution in [0.3, 0.4) is 0 Å². The fourth-order valence-corrected chi connectivity index (χ4v) is 3.75. The molecule has 0 radical (unpaired) electrons. The lowest BCUT2D eigenvalue weighted by Crippen LogP contribution is -2.07. The largest absolute Gasteiger partial charge is 0.449 e. The topological polar surface area (TPSA) is 51.5 Å². The molecular formula is C30H33NO3. The molecule has 3 aromatic rings. The van der Waals surface area contributed by atoms with E-state index in [1.165, 1.54) is 11.1 Å². The normalized spacial score (nSPS) is 12.1. The Balaban J connectivity index is 1.75. The third-order valence-electron chi connectivity index (χ3n) is 5.61. The van der Waals surface area contributed by atoms with Crippen LogP contribution >= 0.6 is 0 Å². The third-order valence-corrected chi connectivity index (χ3v) is 5.61. The van der Waals surface area contributed by atoms with Crippen LogP contribution in [0.5, 0.6) is 0 Å². The van der Waals surface area contributed by atoms with Gasteiger partial charge in [-0.25, -0.2) is 4.79 Å². The monoisotopic (exact) mass is 455 g/mol. The SMILES string of the molecule is CC(C)=CCC/C(C)=C/Cn1c(C(O)C#CCOC(=O)c2ccccc2)cc2cc(C)ccc21. The third kappa shape index (κ3) is 6.97. The molecule has 2 aromatic carbocycles. The van der Waals surface area contributed by atoms with E-state index in [9.17, 15) is 9.90 Å². The van der Waals surface area contributed by atoms with Crippen LogP contribution in [0.2, 0.25) is 0 Å². The van der Waals surface area contributed by atoms with Crippen LogP contribution in [0, 0.1) is 18.8 Å². The van der Waals surface area contributed by atoms with Crippen LogP contribution in [-0.4, -0.2) is 22.2 Å². The first-order valence-electron chi connectivity index (χ1n) is 11.6. The Kier molecular flexibility index (Phi) is 8.90. The molecule has 34 heavy (non-hydrogen) atoms. The highest BCUT2D eigenvalue weighted by Gasteiger charge is 2.14. The van der Waals surface area contributed by atoms with Gasteiger partial charge in [0.1, 0.15) is 0 Å². The molecule has 4 heteroatoms. The number of ether oxygens (including phenoxy) is 1. The van der Waals surface area contributed by atoms with Gasteiger partial charge in [-0.3, -0.25) is 0 Å². The van der Waals surface area contributed by atoms with E-state index in [1.807, 2.05) is 12.1 Å². The zero-order valence-corrected chi connectivity index (χ0v) is 20.5. The van der Waals surface area contributed by atoms with Crippen molar-refractivity contribution in [2.75, 3.05) is 6.61 Å². The van der Waals surface area contributed by atoms with E-state index in [4.69, 9.17) is 4.74 Å². The lowest BCUT2D eigenvalue weighted by Gasteiger charge is -2.11. The van der Waals surface area contributed by atoms with Gasteiger partial charge in [0.15, 0.2) is 12.7 Å². The van der Waals surface area contributed by atoms with Crippen molar-refractivity contribution in [3.63, 3.8) is 0 Å². The minimum absolute atomic E-state index is 0.0759. The summed E-state index contributed by atoms with van der Waals surface area (Å²) in [6.45, 7) is 9.01. The second-order valence-electron chi connectivity index (χ2n) is 8.78. The van der Waals surface area contributed by atoms with Crippen LogP contribution in [0.25, 0.3) is 10.9 Å². The first-order valence-corrected chi connectivity index (χ1v) is 11.6. The van der Waals surface area contributed by atoms with E-state index in [0.717, 1.165) is 35.0 Å². The molecule has 4 nitrogen and oxygen atoms in total. The Labute approximate surface area is 202 Å². The number of aliphatic hydroxyl groups excluding tert-OH is 1. The Morgan fingerprint density at radius 3 is 2.59 bits per heavy atom. The van der Waals surface area contributed by atoms with E-state index < -0.39 is 12.1 Å². The maximum Gasteiger partial charge on any atom is 0.339 e. The van der Waals surface area contributed by atoms with Gasteiger partial charge in [0.05, 0.1) is 11.3 Å². The van der Waals surface area contributed by atoms with Crippen molar-refractivity contribution in [1.29, 1.82) is 0 Å². The molecule has 176 valence electrons. The molecule has 0 bridgehead atoms. The molecule has 3 rings (SSSR count). The molecule has 0 aliphatic rings. The van der Waals surface area contributed by atoms with E-state index in [1.54, 1.807) is 24.3 Å². The van der Waals surface area contributed by atoms with Gasteiger partial charge in [0.25, 0.3) is 0 Å². The van der Waals surface area contributed by atoms with Gasteiger partial charge in [0.2, 0.25) is 0 Å². The number of fused-ring (bicyclic) bond motifs is 1. The predicted molar refractivity (Wildman–Crippen MR) is 139 cm³/mol. The summed E-state index contributed by atoms with van der Waals surface area (Å²) in [5.74, 6) is 5.20. The van der Waals surface area contributed by atoms with Crippen LogP contribution in [0.15, 0.2) is 77.9 Å². The summed E-state index contributed by atoms with van der Waals surface area (Å²) in [4.78, 5) is 12.1. The highest BCUT2D eigenvalue weighted by atomic mass is 16.5. The number of allylic oxidation sites excluding steroid dienone is 4. The second-order valence-corrected chi connectivity index (χ2v) is 8.78. The quantitative estimate of drug-likeness (QED) is 0.238. The standard InChI is InChI=1S/C30H33NO3/c1-22(2)10-8-11-23(3)17-18-31-27-16-15-24(4)20-26(27)21-28(31)29(32)14-9-19-34-30(33)25-12-6-5-7-13-25/h5-7,10,12-13,15-17,20-21,29,32H,8,11,18-19H2,1-4H3/b23-17+. The number of benzene rings is 2. The van der Waals surface area contributed by atoms with Crippen LogP contribution in [0.1, 0.15) is 61.3 Å². The average Bonchev–Trinajstić information content (AvgIpc) is 3.18. The molecular weight excluding hydrogens is 422 g/mol. The minimum Gasteiger partial charge on any atom is -0.449 e. The first-order chi connectivity index (χ1) is 16.3. The fourth-order valence-electron chi connectivity index (χ4n) is 3.75. The van der Waals surface area contributed by atoms with Crippen molar-refractivity contribution < 1.29 is 14.6 Å². The van der Waals surface area contributed by atoms with Gasteiger partial charge >= 0.3 is 5.97 Å². The molecule has 1 unspecified atom stereocenters. The second kappa shape index (κ2) is 12.1. The van der Waals surface area contributed by atoms with Gasteiger partial charge in [-0.1, -0.05) is 65.0 Å². The number of aromatic nitrogens is 1. The number of hydrogen-bond donors (Lipinski definition) is 1. The molecule has 0 saturated heterocycles. The van der Waals surface area contributed by atoms with E-state index in [-0.39, 0.29) is 6.61 Å². The van der Waals surface area contributed by atoms with Crippen molar-refractivity contribution in [3.05, 3.63) is 94.7 Å². The lowest BCUT2D eigenvalue weighted by molar-refractivity contribution is 0.0556. The maximum absolute atomic E-state index is 12.1. The number of esters is 1. The Morgan fingerprint density at radius 1 is 1.09 bits per heavy atom. The zero-order valence-electron chi connectivity index (χ0n) is 20.5. The summed E-state index contributed by atoms with van der Waals surface area (Å²) >= 11 is 0. The van der Waals surface area contributed by atoms with Crippen LogP contribution in [0.4, 0.5) is 0 Å². The van der Waals surface area contributed by atoms with Crippen molar-refractivity contribution in [1.82, 2.24) is 4.57 Å². The molecule has 0 amide bonds. The molecule has 1 N–H and O–H groups in total. The summed E-state index contributed by atoms with van der Waals surface area (Å²) in [6, 6.07) is 17.1. The molecule has 0 saturated carbocycles. The number of hydrogen-bond acceptors (Lipinski definition) is 3. The van der Waals surface area contributed by atoms with Crippen LogP contribution < -0.4 is 0 Å². The highest BCUT2D eigenvalue weighted by Crippen LogP contribution is 2.26. The Hall–Kier alpha value is -3.55. The lowest BCUT2D eigenvalue weighted by atomic mass is 10.1. The number of nitrogens with zero attached hydrogens (tertiary/aromatic N) is 1. The van der Waals surface area contributed by atoms with Crippen molar-refractivity contribution in [3.8, 4) is 11.8 Å². The number of aliphatic hydroxyl groups is 1.